The Morgan fingerprint density at radius 3 is 2.40 bits per heavy atom. The van der Waals surface area contributed by atoms with Crippen molar-refractivity contribution in [2.24, 2.45) is 0 Å². The van der Waals surface area contributed by atoms with Crippen molar-refractivity contribution in [2.75, 3.05) is 37.6 Å². The van der Waals surface area contributed by atoms with Gasteiger partial charge in [0.05, 0.1) is 0 Å². The predicted molar refractivity (Wildman–Crippen MR) is 122 cm³/mol. The number of pyridine rings is 1. The summed E-state index contributed by atoms with van der Waals surface area (Å²) in [4.78, 5) is 33.0. The van der Waals surface area contributed by atoms with E-state index in [1.54, 1.807) is 18.3 Å². The van der Waals surface area contributed by atoms with Crippen LogP contribution in [0.4, 0.5) is 10.6 Å². The molecule has 8 heteroatoms. The summed E-state index contributed by atoms with van der Waals surface area (Å²) in [6, 6.07) is 11.2. The normalized spacial score (nSPS) is 13.8. The van der Waals surface area contributed by atoms with Gasteiger partial charge in [-0.2, -0.15) is 0 Å². The molecule has 3 amide bonds. The number of nitrogens with one attached hydrogen (secondary N) is 2. The molecule has 0 unspecified atom stereocenters. The van der Waals surface area contributed by atoms with Crippen molar-refractivity contribution in [1.29, 1.82) is 0 Å². The zero-order valence-electron chi connectivity index (χ0n) is 17.2. The Hall–Kier alpha value is -2.61. The number of halogens is 1. The van der Waals surface area contributed by atoms with E-state index >= 15 is 0 Å². The number of carbonyl (C=O) groups is 2. The molecule has 2 N–H and O–H groups in total. The Kier molecular flexibility index (Phi) is 8.07. The first-order chi connectivity index (χ1) is 14.6. The summed E-state index contributed by atoms with van der Waals surface area (Å²) in [5, 5.41) is 5.87. The molecule has 0 bridgehead atoms. The second-order valence-electron chi connectivity index (χ2n) is 7.27. The number of urea groups is 1. The van der Waals surface area contributed by atoms with Crippen LogP contribution < -0.4 is 15.5 Å². The van der Waals surface area contributed by atoms with Gasteiger partial charge in [0.2, 0.25) is 0 Å². The summed E-state index contributed by atoms with van der Waals surface area (Å²) in [5.41, 5.74) is 1.60. The number of amides is 3. The minimum Gasteiger partial charge on any atom is -0.353 e. The van der Waals surface area contributed by atoms with Gasteiger partial charge in [0.15, 0.2) is 0 Å². The second-order valence-corrected chi connectivity index (χ2v) is 8.19. The number of unbranched alkanes of at least 4 members (excludes halogenated alkanes) is 1. The van der Waals surface area contributed by atoms with E-state index in [0.29, 0.717) is 31.7 Å². The molecule has 0 saturated carbocycles. The zero-order valence-corrected chi connectivity index (χ0v) is 18.8. The fourth-order valence-corrected chi connectivity index (χ4v) is 3.47. The molecule has 1 aromatic carbocycles. The molecular weight excluding hydrogens is 446 g/mol. The van der Waals surface area contributed by atoms with Gasteiger partial charge < -0.3 is 20.4 Å². The Morgan fingerprint density at radius 1 is 1.03 bits per heavy atom. The molecule has 2 aromatic rings. The number of carbonyl (C=O) groups excluding carboxylic acids is 2. The van der Waals surface area contributed by atoms with Crippen LogP contribution >= 0.6 is 15.9 Å². The molecule has 1 aromatic heterocycles. The van der Waals surface area contributed by atoms with Crippen LogP contribution in [-0.4, -0.2) is 54.5 Å². The quantitative estimate of drug-likeness (QED) is 0.604. The Morgan fingerprint density at radius 2 is 1.77 bits per heavy atom. The van der Waals surface area contributed by atoms with Gasteiger partial charge in [0.25, 0.3) is 5.91 Å². The van der Waals surface area contributed by atoms with Crippen molar-refractivity contribution in [2.45, 2.75) is 26.3 Å². The van der Waals surface area contributed by atoms with E-state index in [0.717, 1.165) is 41.8 Å². The number of anilines is 1. The van der Waals surface area contributed by atoms with Gasteiger partial charge >= 0.3 is 6.03 Å². The highest BCUT2D eigenvalue weighted by Crippen LogP contribution is 2.16. The summed E-state index contributed by atoms with van der Waals surface area (Å²) < 4.78 is 0.953. The van der Waals surface area contributed by atoms with Crippen molar-refractivity contribution < 1.29 is 9.59 Å². The first-order valence-electron chi connectivity index (χ1n) is 10.3. The Labute approximate surface area is 186 Å². The number of rotatable bonds is 7. The third kappa shape index (κ3) is 6.19. The van der Waals surface area contributed by atoms with Crippen molar-refractivity contribution in [3.63, 3.8) is 0 Å². The van der Waals surface area contributed by atoms with Crippen LogP contribution in [0.1, 0.15) is 35.7 Å². The first kappa shape index (κ1) is 22.1. The number of benzene rings is 1. The van der Waals surface area contributed by atoms with E-state index in [-0.39, 0.29) is 11.9 Å². The van der Waals surface area contributed by atoms with Crippen LogP contribution in [0.2, 0.25) is 0 Å². The molecule has 0 radical (unpaired) electrons. The van der Waals surface area contributed by atoms with Crippen molar-refractivity contribution >= 4 is 33.7 Å². The van der Waals surface area contributed by atoms with Gasteiger partial charge in [0, 0.05) is 55.5 Å². The van der Waals surface area contributed by atoms with Crippen molar-refractivity contribution in [3.8, 4) is 0 Å². The maximum atomic E-state index is 12.5. The predicted octanol–water partition coefficient (Wildman–Crippen LogP) is 3.41. The first-order valence-corrected chi connectivity index (χ1v) is 11.1. The van der Waals surface area contributed by atoms with E-state index in [1.165, 1.54) is 0 Å². The van der Waals surface area contributed by atoms with Gasteiger partial charge in [-0.3, -0.25) is 4.79 Å². The Bertz CT molecular complexity index is 834. The molecule has 0 aliphatic carbocycles. The molecule has 160 valence electrons. The largest absolute Gasteiger partial charge is 0.353 e. The number of hydrogen-bond acceptors (Lipinski definition) is 4. The summed E-state index contributed by atoms with van der Waals surface area (Å²) >= 11 is 3.40. The molecule has 1 saturated heterocycles. The summed E-state index contributed by atoms with van der Waals surface area (Å²) in [5.74, 6) is 0.870. The van der Waals surface area contributed by atoms with Crippen LogP contribution in [0, 0.1) is 0 Å². The van der Waals surface area contributed by atoms with Crippen molar-refractivity contribution in [3.05, 3.63) is 58.2 Å². The SMILES string of the molecule is CCCCNC(=O)c1ccc(CNC(=O)N2CCN(c3ccc(Br)cn3)CC2)cc1. The van der Waals surface area contributed by atoms with E-state index < -0.39 is 0 Å². The van der Waals surface area contributed by atoms with E-state index in [9.17, 15) is 9.59 Å². The molecule has 30 heavy (non-hydrogen) atoms. The molecule has 1 aliphatic heterocycles. The number of nitrogens with zero attached hydrogens (tertiary/aromatic N) is 3. The highest BCUT2D eigenvalue weighted by atomic mass is 79.9. The average Bonchev–Trinajstić information content (AvgIpc) is 2.78. The zero-order chi connectivity index (χ0) is 21.3. The summed E-state index contributed by atoms with van der Waals surface area (Å²) in [6.45, 7) is 6.03. The molecule has 7 nitrogen and oxygen atoms in total. The summed E-state index contributed by atoms with van der Waals surface area (Å²) in [6.07, 6.45) is 3.81. The van der Waals surface area contributed by atoms with Crippen LogP contribution in [0.15, 0.2) is 47.1 Å². The Balaban J connectivity index is 1.42. The molecular formula is C22H28BrN5O2. The lowest BCUT2D eigenvalue weighted by Crippen LogP contribution is -2.51. The van der Waals surface area contributed by atoms with Crippen LogP contribution in [0.3, 0.4) is 0 Å². The third-order valence-corrected chi connectivity index (χ3v) is 5.55. The third-order valence-electron chi connectivity index (χ3n) is 5.08. The number of hydrogen-bond donors (Lipinski definition) is 2. The lowest BCUT2D eigenvalue weighted by Gasteiger charge is -2.35. The fourth-order valence-electron chi connectivity index (χ4n) is 3.24. The smallest absolute Gasteiger partial charge is 0.317 e. The van der Waals surface area contributed by atoms with E-state index in [4.69, 9.17) is 0 Å². The fraction of sp³-hybridized carbons (Fsp3) is 0.409. The lowest BCUT2D eigenvalue weighted by molar-refractivity contribution is 0.0953. The minimum absolute atomic E-state index is 0.0582. The van der Waals surface area contributed by atoms with E-state index in [2.05, 4.69) is 43.4 Å². The topological polar surface area (TPSA) is 77.6 Å². The molecule has 1 aliphatic rings. The average molecular weight is 474 g/mol. The van der Waals surface area contributed by atoms with Gasteiger partial charge in [-0.1, -0.05) is 25.5 Å². The lowest BCUT2D eigenvalue weighted by atomic mass is 10.1. The van der Waals surface area contributed by atoms with Crippen molar-refractivity contribution in [1.82, 2.24) is 20.5 Å². The maximum absolute atomic E-state index is 12.5. The maximum Gasteiger partial charge on any atom is 0.317 e. The van der Waals surface area contributed by atoms with Gasteiger partial charge in [-0.05, 0) is 52.2 Å². The monoisotopic (exact) mass is 473 g/mol. The van der Waals surface area contributed by atoms with Gasteiger partial charge in [0.1, 0.15) is 5.82 Å². The number of aromatic nitrogens is 1. The number of piperazine rings is 1. The highest BCUT2D eigenvalue weighted by Gasteiger charge is 2.21. The molecule has 2 heterocycles. The summed E-state index contributed by atoms with van der Waals surface area (Å²) in [7, 11) is 0. The van der Waals surface area contributed by atoms with Crippen LogP contribution in [-0.2, 0) is 6.54 Å². The second kappa shape index (κ2) is 11.0. The molecule has 3 rings (SSSR count). The van der Waals surface area contributed by atoms with Crippen LogP contribution in [0.5, 0.6) is 0 Å². The van der Waals surface area contributed by atoms with Crippen LogP contribution in [0.25, 0.3) is 0 Å². The molecule has 0 spiro atoms. The van der Waals surface area contributed by atoms with Gasteiger partial charge in [-0.15, -0.1) is 0 Å². The molecule has 0 atom stereocenters. The van der Waals surface area contributed by atoms with E-state index in [1.807, 2.05) is 29.2 Å². The van der Waals surface area contributed by atoms with Gasteiger partial charge in [-0.25, -0.2) is 9.78 Å². The minimum atomic E-state index is -0.0696. The standard InChI is InChI=1S/C22H28BrN5O2/c1-2-3-10-24-21(29)18-6-4-17(5-7-18)15-26-22(30)28-13-11-27(12-14-28)20-9-8-19(23)16-25-20/h4-9,16H,2-3,10-15H2,1H3,(H,24,29)(H,26,30). The molecule has 1 fully saturated rings. The highest BCUT2D eigenvalue weighted by molar-refractivity contribution is 9.10.